The molecule has 0 saturated carbocycles. The van der Waals surface area contributed by atoms with E-state index in [0.717, 1.165) is 5.56 Å². The Hall–Kier alpha value is -2.09. The van der Waals surface area contributed by atoms with Gasteiger partial charge in [0.05, 0.1) is 5.56 Å². The summed E-state index contributed by atoms with van der Waals surface area (Å²) in [6, 6.07) is 3.86. The van der Waals surface area contributed by atoms with Crippen molar-refractivity contribution < 1.29 is 9.90 Å². The van der Waals surface area contributed by atoms with E-state index < -0.39 is 5.97 Å². The minimum atomic E-state index is -0.822. The van der Waals surface area contributed by atoms with E-state index in [2.05, 4.69) is 16.4 Å². The summed E-state index contributed by atoms with van der Waals surface area (Å²) in [5.74, 6) is -0.317. The summed E-state index contributed by atoms with van der Waals surface area (Å²) >= 11 is 0. The van der Waals surface area contributed by atoms with Crippen LogP contribution in [0.25, 0.3) is 0 Å². The molecule has 1 aromatic rings. The Bertz CT molecular complexity index is 452. The van der Waals surface area contributed by atoms with E-state index >= 15 is 0 Å². The number of anilines is 1. The lowest BCUT2D eigenvalue weighted by Gasteiger charge is -2.12. The molecule has 0 aliphatic rings. The van der Waals surface area contributed by atoms with E-state index in [-0.39, 0.29) is 12.3 Å². The number of aryl methyl sites for hydroxylation is 1. The molecule has 0 radical (unpaired) electrons. The molecule has 0 saturated heterocycles. The third-order valence-corrected chi connectivity index (χ3v) is 2.41. The molecule has 0 aliphatic carbocycles. The molecule has 2 N–H and O–H groups in total. The van der Waals surface area contributed by atoms with E-state index in [1.165, 1.54) is 0 Å². The maximum atomic E-state index is 10.5. The van der Waals surface area contributed by atoms with Crippen LogP contribution in [0.2, 0.25) is 0 Å². The van der Waals surface area contributed by atoms with Gasteiger partial charge in [0.2, 0.25) is 0 Å². The van der Waals surface area contributed by atoms with Crippen molar-refractivity contribution in [2.75, 3.05) is 11.9 Å². The van der Waals surface area contributed by atoms with Gasteiger partial charge in [0.25, 0.3) is 0 Å². The zero-order chi connectivity index (χ0) is 12.8. The summed E-state index contributed by atoms with van der Waals surface area (Å²) < 4.78 is 0. The van der Waals surface area contributed by atoms with Gasteiger partial charge in [-0.1, -0.05) is 6.92 Å². The van der Waals surface area contributed by atoms with Crippen LogP contribution in [0.1, 0.15) is 24.5 Å². The quantitative estimate of drug-likeness (QED) is 0.809. The monoisotopic (exact) mass is 233 g/mol. The van der Waals surface area contributed by atoms with Crippen LogP contribution in [0.5, 0.6) is 0 Å². The molecule has 0 bridgehead atoms. The molecule has 1 unspecified atom stereocenters. The number of carboxylic acid groups (broad SMARTS) is 1. The summed E-state index contributed by atoms with van der Waals surface area (Å²) in [6.45, 7) is 4.16. The van der Waals surface area contributed by atoms with Crippen molar-refractivity contribution in [3.05, 3.63) is 23.4 Å². The summed E-state index contributed by atoms with van der Waals surface area (Å²) in [4.78, 5) is 14.6. The first-order valence-electron chi connectivity index (χ1n) is 5.36. The molecule has 0 aromatic carbocycles. The first-order valence-corrected chi connectivity index (χ1v) is 5.36. The second-order valence-corrected chi connectivity index (χ2v) is 4.05. The lowest BCUT2D eigenvalue weighted by Crippen LogP contribution is -2.16. The number of rotatable bonds is 5. The highest BCUT2D eigenvalue weighted by molar-refractivity contribution is 5.67. The average Bonchev–Trinajstić information content (AvgIpc) is 2.25. The molecule has 17 heavy (non-hydrogen) atoms. The molecule has 1 heterocycles. The number of hydrogen-bond acceptors (Lipinski definition) is 4. The zero-order valence-corrected chi connectivity index (χ0v) is 9.90. The second-order valence-electron chi connectivity index (χ2n) is 4.05. The van der Waals surface area contributed by atoms with Crippen LogP contribution in [-0.2, 0) is 4.79 Å². The minimum Gasteiger partial charge on any atom is -0.481 e. The highest BCUT2D eigenvalue weighted by Crippen LogP contribution is 2.15. The fourth-order valence-corrected chi connectivity index (χ4v) is 1.47. The highest BCUT2D eigenvalue weighted by atomic mass is 16.4. The third kappa shape index (κ3) is 3.76. The molecule has 0 fully saturated rings. The van der Waals surface area contributed by atoms with E-state index in [4.69, 9.17) is 10.4 Å². The standard InChI is InChI=1S/C12H15N3O2/c1-8(5-11(16)17)7-15-12-10(6-13)9(2)3-4-14-12/h3-4,8H,5,7H2,1-2H3,(H,14,15)(H,16,17). The Kier molecular flexibility index (Phi) is 4.46. The molecule has 90 valence electrons. The van der Waals surface area contributed by atoms with Crippen molar-refractivity contribution in [2.45, 2.75) is 20.3 Å². The number of hydrogen-bond donors (Lipinski definition) is 2. The van der Waals surface area contributed by atoms with Gasteiger partial charge in [-0.3, -0.25) is 4.79 Å². The van der Waals surface area contributed by atoms with Crippen molar-refractivity contribution >= 4 is 11.8 Å². The van der Waals surface area contributed by atoms with Crippen molar-refractivity contribution in [2.24, 2.45) is 5.92 Å². The molecule has 1 aromatic heterocycles. The maximum absolute atomic E-state index is 10.5. The Morgan fingerprint density at radius 2 is 2.41 bits per heavy atom. The fraction of sp³-hybridized carbons (Fsp3) is 0.417. The molecule has 0 amide bonds. The van der Waals surface area contributed by atoms with Crippen LogP contribution in [0.4, 0.5) is 5.82 Å². The number of carbonyl (C=O) groups is 1. The number of aromatic nitrogens is 1. The molecule has 5 nitrogen and oxygen atoms in total. The molecular weight excluding hydrogens is 218 g/mol. The molecular formula is C12H15N3O2. The van der Waals surface area contributed by atoms with Crippen LogP contribution < -0.4 is 5.32 Å². The van der Waals surface area contributed by atoms with Crippen LogP contribution in [0, 0.1) is 24.2 Å². The highest BCUT2D eigenvalue weighted by Gasteiger charge is 2.10. The Balaban J connectivity index is 2.67. The second kappa shape index (κ2) is 5.85. The van der Waals surface area contributed by atoms with Crippen LogP contribution in [0.3, 0.4) is 0 Å². The molecule has 0 aliphatic heterocycles. The number of carboxylic acids is 1. The van der Waals surface area contributed by atoms with Gasteiger partial charge >= 0.3 is 5.97 Å². The SMILES string of the molecule is Cc1ccnc(NCC(C)CC(=O)O)c1C#N. The van der Waals surface area contributed by atoms with Gasteiger partial charge < -0.3 is 10.4 Å². The van der Waals surface area contributed by atoms with Gasteiger partial charge in [-0.25, -0.2) is 4.98 Å². The van der Waals surface area contributed by atoms with Crippen molar-refractivity contribution in [1.29, 1.82) is 5.26 Å². The largest absolute Gasteiger partial charge is 0.481 e. The van der Waals surface area contributed by atoms with Crippen molar-refractivity contribution in [3.8, 4) is 6.07 Å². The fourth-order valence-electron chi connectivity index (χ4n) is 1.47. The maximum Gasteiger partial charge on any atom is 0.303 e. The summed E-state index contributed by atoms with van der Waals surface area (Å²) in [6.07, 6.45) is 1.72. The van der Waals surface area contributed by atoms with Crippen LogP contribution in [-0.4, -0.2) is 22.6 Å². The number of aliphatic carboxylic acids is 1. The topological polar surface area (TPSA) is 86.0 Å². The van der Waals surface area contributed by atoms with Crippen LogP contribution >= 0.6 is 0 Å². The van der Waals surface area contributed by atoms with E-state index in [9.17, 15) is 4.79 Å². The zero-order valence-electron chi connectivity index (χ0n) is 9.90. The minimum absolute atomic E-state index is 0.0126. The first kappa shape index (κ1) is 13.0. The van der Waals surface area contributed by atoms with E-state index in [0.29, 0.717) is 17.9 Å². The Morgan fingerprint density at radius 1 is 1.71 bits per heavy atom. The van der Waals surface area contributed by atoms with Gasteiger partial charge in [-0.2, -0.15) is 5.26 Å². The summed E-state index contributed by atoms with van der Waals surface area (Å²) in [5, 5.41) is 20.6. The van der Waals surface area contributed by atoms with Gasteiger partial charge in [0.1, 0.15) is 11.9 Å². The van der Waals surface area contributed by atoms with Crippen LogP contribution in [0.15, 0.2) is 12.3 Å². The number of nitrogens with zero attached hydrogens (tertiary/aromatic N) is 2. The lowest BCUT2D eigenvalue weighted by molar-refractivity contribution is -0.137. The molecule has 0 spiro atoms. The predicted molar refractivity (Wildman–Crippen MR) is 63.6 cm³/mol. The Labute approximate surface area is 100 Å². The molecule has 1 atom stereocenters. The van der Waals surface area contributed by atoms with Gasteiger partial charge in [0, 0.05) is 19.2 Å². The van der Waals surface area contributed by atoms with E-state index in [1.54, 1.807) is 12.3 Å². The molecule has 1 rings (SSSR count). The van der Waals surface area contributed by atoms with Gasteiger partial charge in [-0.05, 0) is 24.5 Å². The first-order chi connectivity index (χ1) is 8.04. The normalized spacial score (nSPS) is 11.6. The molecule has 5 heteroatoms. The van der Waals surface area contributed by atoms with Gasteiger partial charge in [0.15, 0.2) is 0 Å². The van der Waals surface area contributed by atoms with Crippen molar-refractivity contribution in [3.63, 3.8) is 0 Å². The van der Waals surface area contributed by atoms with E-state index in [1.807, 2.05) is 13.8 Å². The lowest BCUT2D eigenvalue weighted by atomic mass is 10.1. The predicted octanol–water partition coefficient (Wildman–Crippen LogP) is 1.78. The number of nitriles is 1. The smallest absolute Gasteiger partial charge is 0.303 e. The third-order valence-electron chi connectivity index (χ3n) is 2.41. The van der Waals surface area contributed by atoms with Crippen molar-refractivity contribution in [1.82, 2.24) is 4.98 Å². The summed E-state index contributed by atoms with van der Waals surface area (Å²) in [7, 11) is 0. The Morgan fingerprint density at radius 3 is 3.00 bits per heavy atom. The number of nitrogens with one attached hydrogen (secondary N) is 1. The van der Waals surface area contributed by atoms with Gasteiger partial charge in [-0.15, -0.1) is 0 Å². The summed E-state index contributed by atoms with van der Waals surface area (Å²) in [5.41, 5.74) is 1.37. The number of pyridine rings is 1. The average molecular weight is 233 g/mol.